The van der Waals surface area contributed by atoms with Gasteiger partial charge in [0.2, 0.25) is 11.7 Å². The first-order chi connectivity index (χ1) is 14.8. The van der Waals surface area contributed by atoms with Crippen LogP contribution >= 0.6 is 11.6 Å². The van der Waals surface area contributed by atoms with Crippen LogP contribution in [0.2, 0.25) is 5.02 Å². The van der Waals surface area contributed by atoms with Crippen molar-refractivity contribution >= 4 is 27.4 Å². The summed E-state index contributed by atoms with van der Waals surface area (Å²) in [5, 5.41) is 2.34. The van der Waals surface area contributed by atoms with Crippen LogP contribution in [-0.4, -0.2) is 28.5 Å². The molecule has 0 saturated heterocycles. The van der Waals surface area contributed by atoms with Gasteiger partial charge in [0.1, 0.15) is 11.1 Å². The fourth-order valence-corrected chi connectivity index (χ4v) is 4.71. The summed E-state index contributed by atoms with van der Waals surface area (Å²) < 4.78 is 83.3. The van der Waals surface area contributed by atoms with E-state index in [2.05, 4.69) is 15.1 Å². The number of rotatable bonds is 5. The molecule has 0 amide bonds. The van der Waals surface area contributed by atoms with E-state index in [4.69, 9.17) is 21.9 Å². The van der Waals surface area contributed by atoms with Crippen LogP contribution in [0.3, 0.4) is 0 Å². The van der Waals surface area contributed by atoms with Gasteiger partial charge < -0.3 is 4.74 Å². The lowest BCUT2D eigenvalue weighted by atomic mass is 9.94. The average molecular weight is 496 g/mol. The monoisotopic (exact) mass is 495 g/mol. The van der Waals surface area contributed by atoms with Crippen LogP contribution in [0.4, 0.5) is 23.4 Å². The molecule has 2 heterocycles. The number of pyridine rings is 1. The molecule has 2 aromatic rings. The van der Waals surface area contributed by atoms with E-state index in [1.54, 1.807) is 6.92 Å². The van der Waals surface area contributed by atoms with Gasteiger partial charge in [-0.05, 0) is 18.9 Å². The normalized spacial score (nSPS) is 19.4. The highest BCUT2D eigenvalue weighted by Gasteiger charge is 2.34. The predicted octanol–water partition coefficient (Wildman–Crippen LogP) is 4.05. The van der Waals surface area contributed by atoms with Crippen LogP contribution in [0.15, 0.2) is 39.3 Å². The molecule has 0 saturated carbocycles. The second-order valence-electron chi connectivity index (χ2n) is 6.80. The Morgan fingerprint density at radius 1 is 1.38 bits per heavy atom. The lowest BCUT2D eigenvalue weighted by Gasteiger charge is -2.28. The van der Waals surface area contributed by atoms with Crippen molar-refractivity contribution in [3.8, 4) is 5.88 Å². The first-order valence-electron chi connectivity index (χ1n) is 8.87. The van der Waals surface area contributed by atoms with E-state index in [9.17, 15) is 30.8 Å². The fourth-order valence-electron chi connectivity index (χ4n) is 3.01. The lowest BCUT2D eigenvalue weighted by molar-refractivity contribution is -0.137. The fraction of sp³-hybridized carbons (Fsp3) is 0.353. The average Bonchev–Trinajstić information content (AvgIpc) is 2.71. The Morgan fingerprint density at radius 3 is 2.62 bits per heavy atom. The maximum atomic E-state index is 13.8. The Balaban J connectivity index is 1.84. The Labute approximate surface area is 183 Å². The highest BCUT2D eigenvalue weighted by atomic mass is 35.5. The topological polar surface area (TPSA) is 127 Å². The van der Waals surface area contributed by atoms with Crippen molar-refractivity contribution in [2.75, 3.05) is 0 Å². The van der Waals surface area contributed by atoms with Crippen LogP contribution in [0, 0.1) is 17.3 Å². The van der Waals surface area contributed by atoms with Gasteiger partial charge in [0.05, 0.1) is 16.7 Å². The highest BCUT2D eigenvalue weighted by molar-refractivity contribution is 7.93. The Kier molecular flexibility index (Phi) is 6.38. The molecule has 1 aliphatic carbocycles. The maximum absolute atomic E-state index is 13.8. The molecule has 32 heavy (non-hydrogen) atoms. The van der Waals surface area contributed by atoms with Crippen molar-refractivity contribution < 1.29 is 30.7 Å². The summed E-state index contributed by atoms with van der Waals surface area (Å²) in [6, 6.07) is 0.671. The third-order valence-electron chi connectivity index (χ3n) is 4.64. The molecular formula is C17H14ClF4N5O4S. The minimum absolute atomic E-state index is 0.0933. The SMILES string of the molecule is CC1C=C(S(=O)(=O)n2cc(F)c(N=N)nc2=O)CCC1Oc1ncc(C(F)(F)F)cc1Cl. The van der Waals surface area contributed by atoms with Gasteiger partial charge >= 0.3 is 11.9 Å². The van der Waals surface area contributed by atoms with Crippen molar-refractivity contribution in [1.29, 1.82) is 5.53 Å². The smallest absolute Gasteiger partial charge is 0.417 e. The van der Waals surface area contributed by atoms with Gasteiger partial charge in [-0.15, -0.1) is 5.11 Å². The van der Waals surface area contributed by atoms with Crippen molar-refractivity contribution in [3.63, 3.8) is 0 Å². The van der Waals surface area contributed by atoms with Crippen LogP contribution < -0.4 is 10.4 Å². The molecular weight excluding hydrogens is 482 g/mol. The Hall–Kier alpha value is -2.87. The molecule has 0 spiro atoms. The van der Waals surface area contributed by atoms with Gasteiger partial charge in [-0.3, -0.25) is 0 Å². The Bertz CT molecular complexity index is 1260. The van der Waals surface area contributed by atoms with Crippen LogP contribution in [0.5, 0.6) is 5.88 Å². The zero-order valence-electron chi connectivity index (χ0n) is 16.1. The molecule has 2 atom stereocenters. The predicted molar refractivity (Wildman–Crippen MR) is 103 cm³/mol. The zero-order valence-corrected chi connectivity index (χ0v) is 17.7. The molecule has 0 fully saturated rings. The number of nitrogens with one attached hydrogen (secondary N) is 1. The number of allylic oxidation sites excluding steroid dienone is 1. The maximum Gasteiger partial charge on any atom is 0.417 e. The molecule has 2 unspecified atom stereocenters. The largest absolute Gasteiger partial charge is 0.473 e. The van der Waals surface area contributed by atoms with Gasteiger partial charge in [-0.2, -0.15) is 22.1 Å². The number of alkyl halides is 3. The summed E-state index contributed by atoms with van der Waals surface area (Å²) in [5.74, 6) is -2.93. The zero-order chi connectivity index (χ0) is 23.8. The molecule has 172 valence electrons. The number of hydrogen-bond acceptors (Lipinski definition) is 8. The number of ether oxygens (including phenoxy) is 1. The summed E-state index contributed by atoms with van der Waals surface area (Å²) in [5.41, 5.74) is 4.36. The van der Waals surface area contributed by atoms with Crippen molar-refractivity contribution in [2.24, 2.45) is 11.0 Å². The molecule has 3 rings (SSSR count). The molecule has 1 aliphatic rings. The van der Waals surface area contributed by atoms with Gasteiger partial charge in [0.25, 0.3) is 10.0 Å². The number of halogens is 5. The van der Waals surface area contributed by atoms with Crippen LogP contribution in [0.25, 0.3) is 0 Å². The molecule has 0 aromatic carbocycles. The van der Waals surface area contributed by atoms with Crippen molar-refractivity contribution in [3.05, 3.63) is 56.3 Å². The first kappa shape index (κ1) is 23.8. The number of hydrogen-bond donors (Lipinski definition) is 1. The quantitative estimate of drug-likeness (QED) is 0.492. The first-order valence-corrected chi connectivity index (χ1v) is 10.7. The summed E-state index contributed by atoms with van der Waals surface area (Å²) in [6.45, 7) is 1.58. The minimum atomic E-state index is -4.63. The van der Waals surface area contributed by atoms with E-state index >= 15 is 0 Å². The summed E-state index contributed by atoms with van der Waals surface area (Å²) in [4.78, 5) is 18.5. The minimum Gasteiger partial charge on any atom is -0.473 e. The molecule has 0 aliphatic heterocycles. The van der Waals surface area contributed by atoms with Crippen molar-refractivity contribution in [1.82, 2.24) is 13.9 Å². The number of aromatic nitrogens is 3. The lowest BCUT2D eigenvalue weighted by Crippen LogP contribution is -2.34. The van der Waals surface area contributed by atoms with Gasteiger partial charge in [-0.1, -0.05) is 24.6 Å². The van der Waals surface area contributed by atoms with E-state index in [1.807, 2.05) is 0 Å². The molecule has 15 heteroatoms. The molecule has 0 radical (unpaired) electrons. The summed E-state index contributed by atoms with van der Waals surface area (Å²) in [7, 11) is -4.46. The molecule has 2 aromatic heterocycles. The van der Waals surface area contributed by atoms with Gasteiger partial charge in [0.15, 0.2) is 5.82 Å². The van der Waals surface area contributed by atoms with E-state index in [0.717, 1.165) is 0 Å². The van der Waals surface area contributed by atoms with Gasteiger partial charge in [-0.25, -0.2) is 28.1 Å². The number of nitrogens with zero attached hydrogens (tertiary/aromatic N) is 4. The van der Waals surface area contributed by atoms with E-state index in [1.165, 1.54) is 6.08 Å². The standard InChI is InChI=1S/C17H14ClF4N5O4S/c1-8-4-10(32(29,30)27-7-12(19)14(26-23)25-16(27)28)2-3-13(8)31-15-11(18)5-9(6-24-15)17(20,21)22/h4-8,13,23H,2-3H2,1H3. The third kappa shape index (κ3) is 4.65. The van der Waals surface area contributed by atoms with Crippen molar-refractivity contribution in [2.45, 2.75) is 32.0 Å². The molecule has 1 N–H and O–H groups in total. The Morgan fingerprint density at radius 2 is 2.06 bits per heavy atom. The van der Waals surface area contributed by atoms with Gasteiger partial charge in [0, 0.05) is 12.1 Å². The summed E-state index contributed by atoms with van der Waals surface area (Å²) >= 11 is 5.84. The van der Waals surface area contributed by atoms with Crippen LogP contribution in [-0.2, 0) is 16.2 Å². The van der Waals surface area contributed by atoms with E-state index in [-0.39, 0.29) is 32.6 Å². The van der Waals surface area contributed by atoms with E-state index in [0.29, 0.717) is 18.5 Å². The third-order valence-corrected chi connectivity index (χ3v) is 6.69. The molecule has 9 nitrogen and oxygen atoms in total. The van der Waals surface area contributed by atoms with E-state index < -0.39 is 51.1 Å². The second-order valence-corrected chi connectivity index (χ2v) is 9.08. The second kappa shape index (κ2) is 8.58. The highest BCUT2D eigenvalue weighted by Crippen LogP contribution is 2.35. The summed E-state index contributed by atoms with van der Waals surface area (Å²) in [6.07, 6.45) is -3.08. The van der Waals surface area contributed by atoms with Crippen LogP contribution in [0.1, 0.15) is 25.3 Å². The molecule has 0 bridgehead atoms.